The average molecular weight is 945 g/mol. The van der Waals surface area contributed by atoms with E-state index in [1.54, 1.807) is 56.3 Å². The molecule has 2 saturated heterocycles. The molecule has 3 N–H and O–H groups in total. The molecule has 0 spiro atoms. The monoisotopic (exact) mass is 943 g/mol. The van der Waals surface area contributed by atoms with Crippen molar-refractivity contribution in [3.05, 3.63) is 88.1 Å². The maximum atomic E-state index is 13.4. The number of rotatable bonds is 17. The van der Waals surface area contributed by atoms with Crippen LogP contribution in [0.4, 0.5) is 23.1 Å². The van der Waals surface area contributed by atoms with Crippen LogP contribution in [0.25, 0.3) is 0 Å². The van der Waals surface area contributed by atoms with Gasteiger partial charge in [0.15, 0.2) is 15.7 Å². The summed E-state index contributed by atoms with van der Waals surface area (Å²) >= 11 is 7.99. The standard InChI is InChI=1S/C47H54ClN7O8S2/c1-27(2)63-37-25-32(29(5)24-35(37)51-47-49-26-33(48)43(53-47)50-34-13-8-9-15-39(34)65(61,62)28(3)4)30-19-21-54(22-20-30)41(57)16-7-6-10-23-64-38-14-11-12-31-42(38)46(60)55(45(31)59)36-17-18-40(56)52-44(36)58/h8-9,11-15,24-28,30,36H,6-7,10,16-23H2,1-5H3,(H,52,56,58)(H2,49,50,51,53). The second kappa shape index (κ2) is 20.3. The number of nitrogens with zero attached hydrogens (tertiary/aromatic N) is 4. The summed E-state index contributed by atoms with van der Waals surface area (Å²) in [4.78, 5) is 76.8. The van der Waals surface area contributed by atoms with Gasteiger partial charge < -0.3 is 20.3 Å². The van der Waals surface area contributed by atoms with Crippen molar-refractivity contribution < 1.29 is 37.1 Å². The van der Waals surface area contributed by atoms with Crippen molar-refractivity contribution in [2.75, 3.05) is 29.5 Å². The fourth-order valence-corrected chi connectivity index (χ4v) is 10.8. The Balaban J connectivity index is 0.909. The first-order valence-electron chi connectivity index (χ1n) is 22.0. The lowest BCUT2D eigenvalue weighted by Gasteiger charge is -2.33. The highest BCUT2D eigenvalue weighted by Gasteiger charge is 2.45. The van der Waals surface area contributed by atoms with Crippen LogP contribution >= 0.6 is 23.4 Å². The number of aromatic nitrogens is 2. The maximum Gasteiger partial charge on any atom is 0.263 e. The number of piperidine rings is 2. The first-order chi connectivity index (χ1) is 31.0. The molecule has 344 valence electrons. The number of imide groups is 2. The first kappa shape index (κ1) is 47.4. The van der Waals surface area contributed by atoms with Gasteiger partial charge in [0.1, 0.15) is 16.8 Å². The number of carbonyl (C=O) groups excluding carboxylic acids is 5. The number of hydrogen-bond donors (Lipinski definition) is 3. The molecule has 3 aliphatic heterocycles. The Labute approximate surface area is 388 Å². The number of carbonyl (C=O) groups is 5. The van der Waals surface area contributed by atoms with E-state index in [-0.39, 0.29) is 58.0 Å². The molecule has 4 heterocycles. The van der Waals surface area contributed by atoms with E-state index in [0.717, 1.165) is 48.1 Å². The van der Waals surface area contributed by atoms with Crippen molar-refractivity contribution in [1.29, 1.82) is 0 Å². The number of ether oxygens (including phenoxy) is 1. The van der Waals surface area contributed by atoms with Gasteiger partial charge >= 0.3 is 0 Å². The molecule has 1 atom stereocenters. The lowest BCUT2D eigenvalue weighted by molar-refractivity contribution is -0.136. The first-order valence-corrected chi connectivity index (χ1v) is 24.9. The number of para-hydroxylation sites is 1. The highest BCUT2D eigenvalue weighted by Crippen LogP contribution is 2.39. The largest absolute Gasteiger partial charge is 0.489 e. The number of amides is 5. The molecule has 3 aliphatic rings. The SMILES string of the molecule is Cc1cc(Nc2ncc(Cl)c(Nc3ccccc3S(=O)(=O)C(C)C)n2)c(OC(C)C)cc1C1CCN(C(=O)CCCCCSc2cccc3c2C(=O)N(C2CCC(=O)NC2=O)C3=O)CC1. The van der Waals surface area contributed by atoms with E-state index in [1.165, 1.54) is 18.0 Å². The molecule has 1 aromatic heterocycles. The van der Waals surface area contributed by atoms with Gasteiger partial charge in [-0.25, -0.2) is 13.4 Å². The Morgan fingerprint density at radius 3 is 2.42 bits per heavy atom. The lowest BCUT2D eigenvalue weighted by atomic mass is 9.86. The molecule has 7 rings (SSSR count). The Kier molecular flexibility index (Phi) is 14.8. The van der Waals surface area contributed by atoms with Crippen molar-refractivity contribution in [1.82, 2.24) is 25.1 Å². The van der Waals surface area contributed by atoms with Gasteiger partial charge in [-0.2, -0.15) is 4.98 Å². The van der Waals surface area contributed by atoms with Crippen LogP contribution in [0.2, 0.25) is 5.02 Å². The fraction of sp³-hybridized carbons (Fsp3) is 0.426. The second-order valence-corrected chi connectivity index (χ2v) is 21.1. The molecule has 5 amide bonds. The lowest BCUT2D eigenvalue weighted by Crippen LogP contribution is -2.54. The molecule has 4 aromatic rings. The highest BCUT2D eigenvalue weighted by atomic mass is 35.5. The number of halogens is 1. The zero-order chi connectivity index (χ0) is 46.6. The van der Waals surface area contributed by atoms with Crippen LogP contribution in [0, 0.1) is 6.92 Å². The van der Waals surface area contributed by atoms with Crippen LogP contribution in [0.15, 0.2) is 70.6 Å². The third kappa shape index (κ3) is 10.6. The Morgan fingerprint density at radius 2 is 1.69 bits per heavy atom. The van der Waals surface area contributed by atoms with E-state index in [9.17, 15) is 32.4 Å². The van der Waals surface area contributed by atoms with E-state index in [2.05, 4.69) is 38.9 Å². The Bertz CT molecular complexity index is 2620. The van der Waals surface area contributed by atoms with Gasteiger partial charge in [-0.05, 0) is 126 Å². The molecule has 1 unspecified atom stereocenters. The summed E-state index contributed by atoms with van der Waals surface area (Å²) in [6.45, 7) is 10.5. The summed E-state index contributed by atoms with van der Waals surface area (Å²) in [7, 11) is -3.59. The summed E-state index contributed by atoms with van der Waals surface area (Å²) < 4.78 is 32.5. The zero-order valence-corrected chi connectivity index (χ0v) is 39.5. The summed E-state index contributed by atoms with van der Waals surface area (Å²) in [5, 5.41) is 8.21. The molecule has 0 aliphatic carbocycles. The second-order valence-electron chi connectivity index (χ2n) is 17.0. The Morgan fingerprint density at radius 1 is 0.938 bits per heavy atom. The number of sulfone groups is 1. The van der Waals surface area contributed by atoms with E-state index in [0.29, 0.717) is 52.8 Å². The zero-order valence-electron chi connectivity index (χ0n) is 37.1. The normalized spacial score (nSPS) is 16.9. The van der Waals surface area contributed by atoms with E-state index >= 15 is 0 Å². The van der Waals surface area contributed by atoms with Gasteiger partial charge in [0, 0.05) is 30.8 Å². The summed E-state index contributed by atoms with van der Waals surface area (Å²) in [5.41, 5.74) is 3.78. The maximum absolute atomic E-state index is 13.4. The van der Waals surface area contributed by atoms with E-state index in [4.69, 9.17) is 16.3 Å². The van der Waals surface area contributed by atoms with Crippen molar-refractivity contribution in [2.45, 2.75) is 119 Å². The van der Waals surface area contributed by atoms with Crippen molar-refractivity contribution in [3.63, 3.8) is 0 Å². The topological polar surface area (TPSA) is 197 Å². The third-order valence-electron chi connectivity index (χ3n) is 11.8. The van der Waals surface area contributed by atoms with Crippen molar-refractivity contribution >= 4 is 85.9 Å². The minimum Gasteiger partial charge on any atom is -0.489 e. The number of fused-ring (bicyclic) bond motifs is 1. The number of unbranched alkanes of at least 4 members (excludes halogenated alkanes) is 2. The number of aryl methyl sites for hydroxylation is 1. The van der Waals surface area contributed by atoms with Crippen LogP contribution in [-0.2, 0) is 24.2 Å². The molecule has 0 bridgehead atoms. The smallest absolute Gasteiger partial charge is 0.263 e. The van der Waals surface area contributed by atoms with Gasteiger partial charge in [-0.15, -0.1) is 11.8 Å². The van der Waals surface area contributed by atoms with Crippen molar-refractivity contribution in [2.24, 2.45) is 0 Å². The molecule has 18 heteroatoms. The predicted octanol–water partition coefficient (Wildman–Crippen LogP) is 8.35. The minimum absolute atomic E-state index is 0.0656. The fourth-order valence-electron chi connectivity index (χ4n) is 8.37. The summed E-state index contributed by atoms with van der Waals surface area (Å²) in [5.74, 6) is 0.0782. The van der Waals surface area contributed by atoms with E-state index < -0.39 is 44.8 Å². The average Bonchev–Trinajstić information content (AvgIpc) is 3.52. The van der Waals surface area contributed by atoms with Crippen LogP contribution in [0.5, 0.6) is 5.75 Å². The van der Waals surface area contributed by atoms with Crippen molar-refractivity contribution in [3.8, 4) is 5.75 Å². The molecular formula is C47H54ClN7O8S2. The molecule has 0 radical (unpaired) electrons. The van der Waals surface area contributed by atoms with Crippen LogP contribution in [-0.4, -0.2) is 94.0 Å². The number of nitrogens with one attached hydrogen (secondary N) is 3. The number of hydrogen-bond acceptors (Lipinski definition) is 13. The van der Waals surface area contributed by atoms with Crippen LogP contribution < -0.4 is 20.7 Å². The highest BCUT2D eigenvalue weighted by molar-refractivity contribution is 7.99. The molecule has 15 nitrogen and oxygen atoms in total. The molecule has 0 saturated carbocycles. The quantitative estimate of drug-likeness (QED) is 0.0519. The number of thioether (sulfide) groups is 1. The van der Waals surface area contributed by atoms with Gasteiger partial charge in [0.2, 0.25) is 23.7 Å². The van der Waals surface area contributed by atoms with Crippen LogP contribution in [0.3, 0.4) is 0 Å². The molecular weight excluding hydrogens is 890 g/mol. The predicted molar refractivity (Wildman–Crippen MR) is 250 cm³/mol. The summed E-state index contributed by atoms with van der Waals surface area (Å²) in [6.07, 6.45) is 5.94. The van der Waals surface area contributed by atoms with Gasteiger partial charge in [0.25, 0.3) is 11.8 Å². The summed E-state index contributed by atoms with van der Waals surface area (Å²) in [6, 6.07) is 14.8. The Hall–Kier alpha value is -5.52. The number of likely N-dealkylation sites (tertiary alicyclic amines) is 1. The van der Waals surface area contributed by atoms with E-state index in [1.807, 2.05) is 24.8 Å². The minimum atomic E-state index is -3.59. The molecule has 65 heavy (non-hydrogen) atoms. The number of benzene rings is 3. The molecule has 2 fully saturated rings. The van der Waals surface area contributed by atoms with Gasteiger partial charge in [-0.3, -0.25) is 34.2 Å². The third-order valence-corrected chi connectivity index (χ3v) is 15.4. The molecule has 3 aromatic carbocycles. The number of anilines is 4. The van der Waals surface area contributed by atoms with Crippen LogP contribution in [0.1, 0.15) is 117 Å². The van der Waals surface area contributed by atoms with Gasteiger partial charge in [-0.1, -0.05) is 36.2 Å². The van der Waals surface area contributed by atoms with Gasteiger partial charge in [0.05, 0.1) is 44.9 Å².